The molecular weight excluding hydrogens is 453 g/mol. The normalized spacial score (nSPS) is 19.9. The van der Waals surface area contributed by atoms with Crippen LogP contribution >= 0.6 is 0 Å². The number of nitrogens with one attached hydrogen (secondary N) is 1. The summed E-state index contributed by atoms with van der Waals surface area (Å²) in [6.45, 7) is 3.17. The van der Waals surface area contributed by atoms with Crippen LogP contribution in [0.4, 0.5) is 4.39 Å². The molecule has 1 aliphatic heterocycles. The van der Waals surface area contributed by atoms with Gasteiger partial charge in [-0.15, -0.1) is 0 Å². The lowest BCUT2D eigenvalue weighted by Crippen LogP contribution is -2.37. The number of nitrogens with zero attached hydrogens (tertiary/aromatic N) is 2. The third kappa shape index (κ3) is 5.81. The Bertz CT molecular complexity index is 1290. The predicted octanol–water partition coefficient (Wildman–Crippen LogP) is 5.37. The van der Waals surface area contributed by atoms with E-state index < -0.39 is 0 Å². The fourth-order valence-corrected chi connectivity index (χ4v) is 5.44. The molecule has 1 unspecified atom stereocenters. The summed E-state index contributed by atoms with van der Waals surface area (Å²) < 4.78 is 13.4. The van der Waals surface area contributed by atoms with E-state index in [0.717, 1.165) is 47.6 Å². The molecule has 2 aliphatic rings. The minimum absolute atomic E-state index is 0.0247. The zero-order valence-corrected chi connectivity index (χ0v) is 20.7. The molecule has 5 nitrogen and oxygen atoms in total. The van der Waals surface area contributed by atoms with Crippen molar-refractivity contribution in [2.45, 2.75) is 51.5 Å². The quantitative estimate of drug-likeness (QED) is 0.494. The zero-order valence-electron chi connectivity index (χ0n) is 20.7. The van der Waals surface area contributed by atoms with Gasteiger partial charge >= 0.3 is 0 Å². The van der Waals surface area contributed by atoms with E-state index in [1.807, 2.05) is 30.0 Å². The van der Waals surface area contributed by atoms with Crippen molar-refractivity contribution in [3.05, 3.63) is 89.0 Å². The summed E-state index contributed by atoms with van der Waals surface area (Å²) in [6, 6.07) is 15.0. The van der Waals surface area contributed by atoms with E-state index in [0.29, 0.717) is 37.5 Å². The van der Waals surface area contributed by atoms with Crippen molar-refractivity contribution in [3.63, 3.8) is 0 Å². The summed E-state index contributed by atoms with van der Waals surface area (Å²) in [5.41, 5.74) is 3.85. The fourth-order valence-electron chi connectivity index (χ4n) is 5.44. The number of pyridine rings is 1. The first-order valence-corrected chi connectivity index (χ1v) is 12.8. The number of halogens is 1. The third-order valence-electron chi connectivity index (χ3n) is 7.44. The average molecular weight is 486 g/mol. The van der Waals surface area contributed by atoms with E-state index in [-0.39, 0.29) is 23.7 Å². The number of carbonyl (C=O) groups is 2. The lowest BCUT2D eigenvalue weighted by molar-refractivity contribution is -0.117. The topological polar surface area (TPSA) is 62.3 Å². The highest BCUT2D eigenvalue weighted by Gasteiger charge is 2.26. The van der Waals surface area contributed by atoms with Crippen molar-refractivity contribution < 1.29 is 14.0 Å². The average Bonchev–Trinajstić information content (AvgIpc) is 3.31. The number of likely N-dealkylation sites (tertiary alicyclic amines) is 1. The fraction of sp³-hybridized carbons (Fsp3) is 0.367. The van der Waals surface area contributed by atoms with Gasteiger partial charge in [-0.1, -0.05) is 35.9 Å². The smallest absolute Gasteiger partial charge is 0.272 e. The van der Waals surface area contributed by atoms with Crippen LogP contribution in [-0.2, 0) is 11.2 Å². The Morgan fingerprint density at radius 2 is 1.83 bits per heavy atom. The molecule has 186 valence electrons. The number of hydrogen-bond acceptors (Lipinski definition) is 3. The van der Waals surface area contributed by atoms with Crippen LogP contribution < -0.4 is 5.32 Å². The summed E-state index contributed by atoms with van der Waals surface area (Å²) in [5, 5.41) is 5.18. The van der Waals surface area contributed by atoms with Crippen LogP contribution in [0.3, 0.4) is 0 Å². The van der Waals surface area contributed by atoms with Gasteiger partial charge in [0.1, 0.15) is 11.5 Å². The monoisotopic (exact) mass is 485 g/mol. The number of benzene rings is 2. The van der Waals surface area contributed by atoms with Crippen molar-refractivity contribution in [1.29, 1.82) is 0 Å². The summed E-state index contributed by atoms with van der Waals surface area (Å²) in [4.78, 5) is 31.4. The van der Waals surface area contributed by atoms with E-state index in [1.54, 1.807) is 24.4 Å². The molecular formula is C30H32FN3O2. The van der Waals surface area contributed by atoms with Gasteiger partial charge in [0, 0.05) is 31.4 Å². The standard InChI is InChI=1S/C30H32FN3O2/c1-20-2-9-28(32-19-20)30(36)34-12-10-21(11-13-34)17-29(35)33-27-8-4-23(16-27)14-22-3-5-25-18-26(31)7-6-24(25)15-22/h2-3,5-7,9,15,17-19,23,27H,4,8,10-14,16H2,1H3,(H,33,35)/t23?,27-/m1/s1. The van der Waals surface area contributed by atoms with Crippen LogP contribution in [0.15, 0.2) is 66.4 Å². The maximum absolute atomic E-state index is 13.4. The number of rotatable bonds is 5. The van der Waals surface area contributed by atoms with Crippen LogP contribution in [0.25, 0.3) is 10.8 Å². The predicted molar refractivity (Wildman–Crippen MR) is 139 cm³/mol. The Morgan fingerprint density at radius 1 is 1.06 bits per heavy atom. The van der Waals surface area contributed by atoms with Gasteiger partial charge < -0.3 is 10.2 Å². The number of fused-ring (bicyclic) bond motifs is 1. The lowest BCUT2D eigenvalue weighted by atomic mass is 9.96. The molecule has 2 aromatic carbocycles. The van der Waals surface area contributed by atoms with Crippen molar-refractivity contribution in [2.24, 2.45) is 5.92 Å². The second kappa shape index (κ2) is 10.6. The van der Waals surface area contributed by atoms with Gasteiger partial charge in [0.05, 0.1) is 0 Å². The molecule has 1 aromatic heterocycles. The number of aryl methyl sites for hydroxylation is 1. The molecule has 36 heavy (non-hydrogen) atoms. The summed E-state index contributed by atoms with van der Waals surface area (Å²) in [7, 11) is 0. The third-order valence-corrected chi connectivity index (χ3v) is 7.44. The highest BCUT2D eigenvalue weighted by molar-refractivity contribution is 5.92. The molecule has 2 heterocycles. The minimum Gasteiger partial charge on any atom is -0.350 e. The van der Waals surface area contributed by atoms with E-state index in [9.17, 15) is 14.0 Å². The number of piperidine rings is 1. The summed E-state index contributed by atoms with van der Waals surface area (Å²) >= 11 is 0. The van der Waals surface area contributed by atoms with Gasteiger partial charge in [0.2, 0.25) is 5.91 Å². The molecule has 1 aliphatic carbocycles. The van der Waals surface area contributed by atoms with E-state index >= 15 is 0 Å². The molecule has 1 saturated heterocycles. The van der Waals surface area contributed by atoms with Crippen LogP contribution in [0, 0.1) is 18.7 Å². The minimum atomic E-state index is -0.210. The highest BCUT2D eigenvalue weighted by Crippen LogP contribution is 2.30. The molecule has 5 rings (SSSR count). The van der Waals surface area contributed by atoms with E-state index in [4.69, 9.17) is 0 Å². The van der Waals surface area contributed by atoms with Crippen LogP contribution in [0.1, 0.15) is 53.7 Å². The molecule has 1 N–H and O–H groups in total. The Hall–Kier alpha value is -3.54. The van der Waals surface area contributed by atoms with Gasteiger partial charge in [-0.3, -0.25) is 14.6 Å². The number of aromatic nitrogens is 1. The molecule has 0 bridgehead atoms. The SMILES string of the molecule is Cc1ccc(C(=O)N2CCC(=CC(=O)N[C@@H]3CCC(Cc4ccc5cc(F)ccc5c4)C3)CC2)nc1. The largest absolute Gasteiger partial charge is 0.350 e. The second-order valence-corrected chi connectivity index (χ2v) is 10.2. The van der Waals surface area contributed by atoms with Gasteiger partial charge in [0.25, 0.3) is 5.91 Å². The van der Waals surface area contributed by atoms with E-state index in [2.05, 4.69) is 22.4 Å². The molecule has 6 heteroatoms. The molecule has 2 atom stereocenters. The Balaban J connectivity index is 1.09. The van der Waals surface area contributed by atoms with Crippen molar-refractivity contribution in [3.8, 4) is 0 Å². The van der Waals surface area contributed by atoms with Gasteiger partial charge in [-0.25, -0.2) is 4.39 Å². The number of amides is 2. The highest BCUT2D eigenvalue weighted by atomic mass is 19.1. The van der Waals surface area contributed by atoms with Gasteiger partial charge in [-0.2, -0.15) is 0 Å². The first-order chi connectivity index (χ1) is 17.4. The number of hydrogen-bond donors (Lipinski definition) is 1. The van der Waals surface area contributed by atoms with Crippen molar-refractivity contribution >= 4 is 22.6 Å². The van der Waals surface area contributed by atoms with Crippen LogP contribution in [-0.4, -0.2) is 40.8 Å². The maximum Gasteiger partial charge on any atom is 0.272 e. The van der Waals surface area contributed by atoms with Crippen molar-refractivity contribution in [1.82, 2.24) is 15.2 Å². The Kier molecular flexibility index (Phi) is 7.12. The molecule has 0 radical (unpaired) electrons. The molecule has 3 aromatic rings. The summed E-state index contributed by atoms with van der Waals surface area (Å²) in [5.74, 6) is 0.251. The van der Waals surface area contributed by atoms with Crippen molar-refractivity contribution in [2.75, 3.05) is 13.1 Å². The first kappa shape index (κ1) is 24.2. The lowest BCUT2D eigenvalue weighted by Gasteiger charge is -2.28. The molecule has 2 amide bonds. The molecule has 2 fully saturated rings. The Morgan fingerprint density at radius 3 is 2.61 bits per heavy atom. The van der Waals surface area contributed by atoms with Crippen LogP contribution in [0.5, 0.6) is 0 Å². The maximum atomic E-state index is 13.4. The zero-order chi connectivity index (χ0) is 25.1. The van der Waals surface area contributed by atoms with Crippen LogP contribution in [0.2, 0.25) is 0 Å². The molecule has 0 spiro atoms. The van der Waals surface area contributed by atoms with Gasteiger partial charge in [0.15, 0.2) is 0 Å². The number of carbonyl (C=O) groups excluding carboxylic acids is 2. The summed E-state index contributed by atoms with van der Waals surface area (Å²) in [6.07, 6.45) is 8.90. The second-order valence-electron chi connectivity index (χ2n) is 10.2. The Labute approximate surface area is 211 Å². The van der Waals surface area contributed by atoms with E-state index in [1.165, 1.54) is 11.6 Å². The van der Waals surface area contributed by atoms with Gasteiger partial charge in [-0.05, 0) is 91.5 Å². The molecule has 1 saturated carbocycles. The first-order valence-electron chi connectivity index (χ1n) is 12.8.